The molecule has 0 aliphatic rings. The molecule has 128 valence electrons. The zero-order chi connectivity index (χ0) is 18.0. The molecular weight excluding hydrogens is 312 g/mol. The van der Waals surface area contributed by atoms with Crippen LogP contribution in [0.3, 0.4) is 0 Å². The number of hydrogen-bond acceptors (Lipinski definition) is 2. The molecule has 0 unspecified atom stereocenters. The van der Waals surface area contributed by atoms with E-state index < -0.39 is 0 Å². The van der Waals surface area contributed by atoms with Crippen molar-refractivity contribution in [2.45, 2.75) is 33.7 Å². The second kappa shape index (κ2) is 6.93. The van der Waals surface area contributed by atoms with E-state index in [9.17, 15) is 9.59 Å². The number of hydrogen-bond donors (Lipinski definition) is 1. The van der Waals surface area contributed by atoms with Crippen molar-refractivity contribution in [1.82, 2.24) is 4.57 Å². The van der Waals surface area contributed by atoms with Gasteiger partial charge in [0.25, 0.3) is 0 Å². The first-order chi connectivity index (χ1) is 12.0. The molecule has 0 spiro atoms. The highest BCUT2D eigenvalue weighted by Gasteiger charge is 2.13. The third-order valence-electron chi connectivity index (χ3n) is 4.63. The number of nitrogens with zero attached hydrogens (tertiary/aromatic N) is 1. The van der Waals surface area contributed by atoms with Crippen LogP contribution in [0.15, 0.2) is 42.6 Å². The average Bonchev–Trinajstić information content (AvgIpc) is 2.96. The van der Waals surface area contributed by atoms with Crippen LogP contribution in [-0.2, 0) is 17.8 Å². The lowest BCUT2D eigenvalue weighted by Crippen LogP contribution is -2.18. The first-order valence-electron chi connectivity index (χ1n) is 8.46. The Bertz CT molecular complexity index is 954. The Balaban J connectivity index is 1.90. The fourth-order valence-corrected chi connectivity index (χ4v) is 3.14. The number of aromatic nitrogens is 1. The molecule has 0 aliphatic heterocycles. The summed E-state index contributed by atoms with van der Waals surface area (Å²) in [7, 11) is 0. The molecule has 0 fully saturated rings. The topological polar surface area (TPSA) is 51.1 Å². The summed E-state index contributed by atoms with van der Waals surface area (Å²) in [5.41, 5.74) is 5.82. The van der Waals surface area contributed by atoms with Gasteiger partial charge in [-0.15, -0.1) is 0 Å². The van der Waals surface area contributed by atoms with Crippen molar-refractivity contribution in [3.8, 4) is 0 Å². The van der Waals surface area contributed by atoms with Gasteiger partial charge >= 0.3 is 0 Å². The zero-order valence-electron chi connectivity index (χ0n) is 14.8. The molecule has 2 aromatic carbocycles. The fourth-order valence-electron chi connectivity index (χ4n) is 3.14. The summed E-state index contributed by atoms with van der Waals surface area (Å²) < 4.78 is 1.87. The van der Waals surface area contributed by atoms with Gasteiger partial charge in [-0.2, -0.15) is 0 Å². The molecule has 0 radical (unpaired) electrons. The molecule has 0 aliphatic carbocycles. The molecule has 1 heterocycles. The van der Waals surface area contributed by atoms with Gasteiger partial charge < -0.3 is 9.88 Å². The number of aldehydes is 1. The molecule has 4 nitrogen and oxygen atoms in total. The number of amides is 1. The van der Waals surface area contributed by atoms with Crippen molar-refractivity contribution in [2.24, 2.45) is 0 Å². The third kappa shape index (κ3) is 3.33. The first-order valence-corrected chi connectivity index (χ1v) is 8.46. The maximum absolute atomic E-state index is 12.5. The van der Waals surface area contributed by atoms with Crippen molar-refractivity contribution in [3.05, 3.63) is 64.8 Å². The number of nitrogens with one attached hydrogen (secondary N) is 1. The molecule has 4 heteroatoms. The largest absolute Gasteiger partial charge is 0.337 e. The van der Waals surface area contributed by atoms with Crippen molar-refractivity contribution in [2.75, 3.05) is 5.32 Å². The number of rotatable bonds is 5. The van der Waals surface area contributed by atoms with Gasteiger partial charge in [0.05, 0.1) is 5.52 Å². The monoisotopic (exact) mass is 334 g/mol. The van der Waals surface area contributed by atoms with E-state index in [4.69, 9.17) is 0 Å². The predicted molar refractivity (Wildman–Crippen MR) is 101 cm³/mol. The second-order valence-electron chi connectivity index (χ2n) is 6.34. The lowest BCUT2D eigenvalue weighted by molar-refractivity contribution is -0.116. The Morgan fingerprint density at radius 2 is 1.96 bits per heavy atom. The molecule has 0 saturated heterocycles. The molecule has 0 bridgehead atoms. The minimum atomic E-state index is -0.108. The number of benzene rings is 2. The van der Waals surface area contributed by atoms with Gasteiger partial charge in [0.2, 0.25) is 5.91 Å². The summed E-state index contributed by atoms with van der Waals surface area (Å²) >= 11 is 0. The Hall–Kier alpha value is -2.88. The van der Waals surface area contributed by atoms with Crippen LogP contribution >= 0.6 is 0 Å². The molecule has 0 atom stereocenters. The van der Waals surface area contributed by atoms with E-state index >= 15 is 0 Å². The van der Waals surface area contributed by atoms with E-state index in [1.165, 1.54) is 5.56 Å². The van der Waals surface area contributed by atoms with Gasteiger partial charge in [-0.1, -0.05) is 31.2 Å². The average molecular weight is 334 g/mol. The maximum Gasteiger partial charge on any atom is 0.244 e. The number of anilines is 1. The van der Waals surface area contributed by atoms with Gasteiger partial charge in [0.15, 0.2) is 6.29 Å². The molecule has 25 heavy (non-hydrogen) atoms. The summed E-state index contributed by atoms with van der Waals surface area (Å²) in [5.74, 6) is -0.108. The number of carbonyl (C=O) groups excluding carboxylic acids is 2. The summed E-state index contributed by atoms with van der Waals surface area (Å²) in [4.78, 5) is 23.9. The summed E-state index contributed by atoms with van der Waals surface area (Å²) in [6.07, 6.45) is 3.45. The van der Waals surface area contributed by atoms with Crippen molar-refractivity contribution in [1.29, 1.82) is 0 Å². The van der Waals surface area contributed by atoms with Crippen LogP contribution in [-0.4, -0.2) is 16.8 Å². The quantitative estimate of drug-likeness (QED) is 0.708. The van der Waals surface area contributed by atoms with Crippen LogP contribution in [0.4, 0.5) is 5.69 Å². The van der Waals surface area contributed by atoms with Crippen LogP contribution in [0.25, 0.3) is 10.9 Å². The molecular formula is C21H22N2O2. The first kappa shape index (κ1) is 17.0. The van der Waals surface area contributed by atoms with Gasteiger partial charge in [0, 0.05) is 22.8 Å². The van der Waals surface area contributed by atoms with E-state index in [0.29, 0.717) is 5.56 Å². The number of aryl methyl sites for hydroxylation is 3. The maximum atomic E-state index is 12.5. The van der Waals surface area contributed by atoms with E-state index in [0.717, 1.165) is 40.4 Å². The van der Waals surface area contributed by atoms with E-state index in [-0.39, 0.29) is 12.5 Å². The molecule has 1 aromatic heterocycles. The number of para-hydroxylation sites is 1. The van der Waals surface area contributed by atoms with Gasteiger partial charge in [-0.3, -0.25) is 9.59 Å². The minimum Gasteiger partial charge on any atom is -0.337 e. The summed E-state index contributed by atoms with van der Waals surface area (Å²) in [6.45, 7) is 6.31. The molecule has 1 amide bonds. The molecule has 1 N–H and O–H groups in total. The summed E-state index contributed by atoms with van der Waals surface area (Å²) in [5, 5.41) is 3.84. The van der Waals surface area contributed by atoms with Crippen LogP contribution in [0.5, 0.6) is 0 Å². The summed E-state index contributed by atoms with van der Waals surface area (Å²) in [6, 6.07) is 11.8. The minimum absolute atomic E-state index is 0.108. The smallest absolute Gasteiger partial charge is 0.244 e. The highest BCUT2D eigenvalue weighted by atomic mass is 16.2. The zero-order valence-corrected chi connectivity index (χ0v) is 14.8. The van der Waals surface area contributed by atoms with Gasteiger partial charge in [-0.25, -0.2) is 0 Å². The Morgan fingerprint density at radius 3 is 2.64 bits per heavy atom. The fraction of sp³-hybridized carbons (Fsp3) is 0.238. The Labute approximate surface area is 147 Å². The molecule has 3 aromatic rings. The highest BCUT2D eigenvalue weighted by molar-refractivity contribution is 6.00. The standard InChI is InChI=1S/C21H22N2O2/c1-4-16-6-5-7-19-17(13-24)11-23(21(16)19)12-20(25)22-18-9-8-14(2)15(3)10-18/h5-11,13H,4,12H2,1-3H3,(H,22,25). The van der Waals surface area contributed by atoms with Crippen LogP contribution in [0.1, 0.15) is 34.0 Å². The van der Waals surface area contributed by atoms with Crippen LogP contribution < -0.4 is 5.32 Å². The lowest BCUT2D eigenvalue weighted by atomic mass is 10.1. The number of fused-ring (bicyclic) bond motifs is 1. The predicted octanol–water partition coefficient (Wildman–Crippen LogP) is 4.27. The van der Waals surface area contributed by atoms with Crippen molar-refractivity contribution < 1.29 is 9.59 Å². The van der Waals surface area contributed by atoms with Crippen LogP contribution in [0.2, 0.25) is 0 Å². The second-order valence-corrected chi connectivity index (χ2v) is 6.34. The van der Waals surface area contributed by atoms with Gasteiger partial charge in [-0.05, 0) is 49.1 Å². The SMILES string of the molecule is CCc1cccc2c(C=O)cn(CC(=O)Nc3ccc(C)c(C)c3)c12. The van der Waals surface area contributed by atoms with E-state index in [1.54, 1.807) is 6.20 Å². The molecule has 3 rings (SSSR count). The third-order valence-corrected chi connectivity index (χ3v) is 4.63. The van der Waals surface area contributed by atoms with Crippen LogP contribution in [0, 0.1) is 13.8 Å². The Morgan fingerprint density at radius 1 is 1.16 bits per heavy atom. The highest BCUT2D eigenvalue weighted by Crippen LogP contribution is 2.24. The number of carbonyl (C=O) groups is 2. The normalized spacial score (nSPS) is 10.8. The van der Waals surface area contributed by atoms with Crippen molar-refractivity contribution >= 4 is 28.8 Å². The Kier molecular flexibility index (Phi) is 4.70. The lowest BCUT2D eigenvalue weighted by Gasteiger charge is -2.10. The molecule has 0 saturated carbocycles. The van der Waals surface area contributed by atoms with E-state index in [1.807, 2.05) is 54.8 Å². The van der Waals surface area contributed by atoms with E-state index in [2.05, 4.69) is 12.2 Å². The van der Waals surface area contributed by atoms with Crippen molar-refractivity contribution in [3.63, 3.8) is 0 Å². The van der Waals surface area contributed by atoms with Gasteiger partial charge in [0.1, 0.15) is 6.54 Å².